The van der Waals surface area contributed by atoms with E-state index < -0.39 is 56.3 Å². The highest BCUT2D eigenvalue weighted by atomic mass is 32.2. The number of sulfonamides is 1. The Hall–Kier alpha value is -4.31. The van der Waals surface area contributed by atoms with Crippen LogP contribution in [0.5, 0.6) is 0 Å². The van der Waals surface area contributed by atoms with Crippen molar-refractivity contribution in [1.29, 1.82) is 0 Å². The van der Waals surface area contributed by atoms with Crippen molar-refractivity contribution in [3.8, 4) is 5.69 Å². The van der Waals surface area contributed by atoms with Gasteiger partial charge in [-0.15, -0.1) is 0 Å². The van der Waals surface area contributed by atoms with E-state index in [2.05, 4.69) is 15.2 Å². The number of ketones is 1. The maximum absolute atomic E-state index is 14.3. The molecule has 2 aliphatic rings. The molecule has 1 saturated carbocycles. The maximum atomic E-state index is 14.3. The summed E-state index contributed by atoms with van der Waals surface area (Å²) in [4.78, 5) is 17.7. The molecule has 4 aromatic rings. The lowest BCUT2D eigenvalue weighted by molar-refractivity contribution is -0.137. The van der Waals surface area contributed by atoms with Crippen LogP contribution in [0.4, 0.5) is 26.3 Å². The highest BCUT2D eigenvalue weighted by Crippen LogP contribution is 2.51. The third kappa shape index (κ3) is 5.35. The number of hydrogen-bond donors (Lipinski definition) is 0. The van der Waals surface area contributed by atoms with E-state index in [1.807, 2.05) is 0 Å². The predicted octanol–water partition coefficient (Wildman–Crippen LogP) is 5.70. The molecule has 236 valence electrons. The summed E-state index contributed by atoms with van der Waals surface area (Å²) in [6, 6.07) is 6.58. The zero-order chi connectivity index (χ0) is 32.3. The van der Waals surface area contributed by atoms with Crippen LogP contribution < -0.4 is 0 Å². The van der Waals surface area contributed by atoms with Crippen LogP contribution in [0.1, 0.15) is 53.1 Å². The largest absolute Gasteiger partial charge is 0.417 e. The van der Waals surface area contributed by atoms with Gasteiger partial charge >= 0.3 is 12.7 Å². The molecule has 6 rings (SSSR count). The molecule has 0 bridgehead atoms. The first-order chi connectivity index (χ1) is 21.2. The Morgan fingerprint density at radius 2 is 1.80 bits per heavy atom. The van der Waals surface area contributed by atoms with Gasteiger partial charge in [0.05, 0.1) is 41.0 Å². The third-order valence-corrected chi connectivity index (χ3v) is 10.3. The number of carbonyl (C=O) groups excluding carboxylic acids is 1. The molecule has 16 heteroatoms. The second-order valence-corrected chi connectivity index (χ2v) is 13.0. The molecule has 0 aliphatic heterocycles. The number of hydrogen-bond acceptors (Lipinski definition) is 6. The molecule has 3 heterocycles. The van der Waals surface area contributed by atoms with Gasteiger partial charge in [-0.2, -0.15) is 36.5 Å². The summed E-state index contributed by atoms with van der Waals surface area (Å²) >= 11 is 0. The molecule has 9 nitrogen and oxygen atoms in total. The van der Waals surface area contributed by atoms with Crippen LogP contribution in [-0.4, -0.2) is 56.1 Å². The standard InChI is InChI=1S/C29H24F6N6O3S/c1-39(45(43,44)23-15-37-40(16-23)27(31)32)22-6-2-18-10-25-17(13-38-41(25)21-7-4-20(30)5-8-21)11-28(18,12-22)26(42)24-9-3-19(14-36-24)29(33,34)35/h3-5,7-10,13-16,22,27H,2,6,11-12H2,1H3/t22-,28-/m0/s1. The minimum atomic E-state index is -4.67. The van der Waals surface area contributed by atoms with E-state index >= 15 is 0 Å². The fourth-order valence-electron chi connectivity index (χ4n) is 6.05. The van der Waals surface area contributed by atoms with Crippen molar-refractivity contribution >= 4 is 21.9 Å². The van der Waals surface area contributed by atoms with Crippen molar-refractivity contribution in [2.75, 3.05) is 7.05 Å². The molecule has 45 heavy (non-hydrogen) atoms. The maximum Gasteiger partial charge on any atom is 0.417 e. The van der Waals surface area contributed by atoms with Crippen molar-refractivity contribution in [1.82, 2.24) is 28.9 Å². The van der Waals surface area contributed by atoms with Crippen LogP contribution in [0.3, 0.4) is 0 Å². The first-order valence-corrected chi connectivity index (χ1v) is 15.1. The predicted molar refractivity (Wildman–Crippen MR) is 147 cm³/mol. The molecule has 2 aliphatic carbocycles. The fourth-order valence-corrected chi connectivity index (χ4v) is 7.37. The van der Waals surface area contributed by atoms with Crippen molar-refractivity contribution < 1.29 is 39.6 Å². The van der Waals surface area contributed by atoms with Gasteiger partial charge in [-0.25, -0.2) is 22.2 Å². The van der Waals surface area contributed by atoms with Gasteiger partial charge in [-0.05, 0) is 73.7 Å². The smallest absolute Gasteiger partial charge is 0.291 e. The highest BCUT2D eigenvalue weighted by molar-refractivity contribution is 7.89. The van der Waals surface area contributed by atoms with E-state index in [9.17, 15) is 39.6 Å². The van der Waals surface area contributed by atoms with Crippen molar-refractivity contribution in [3.63, 3.8) is 0 Å². The Kier molecular flexibility index (Phi) is 7.47. The molecule has 0 spiro atoms. The van der Waals surface area contributed by atoms with E-state index in [0.29, 0.717) is 34.9 Å². The number of carbonyl (C=O) groups is 1. The Labute approximate surface area is 252 Å². The molecule has 0 unspecified atom stereocenters. The van der Waals surface area contributed by atoms with Gasteiger partial charge in [0, 0.05) is 19.3 Å². The molecule has 0 N–H and O–H groups in total. The monoisotopic (exact) mass is 650 g/mol. The number of aromatic nitrogens is 5. The average molecular weight is 651 g/mol. The van der Waals surface area contributed by atoms with E-state index in [0.717, 1.165) is 22.6 Å². The van der Waals surface area contributed by atoms with Crippen LogP contribution in [0.15, 0.2) is 71.7 Å². The molecule has 2 atom stereocenters. The van der Waals surface area contributed by atoms with Crippen LogP contribution in [0.2, 0.25) is 0 Å². The first kappa shape index (κ1) is 30.7. The Balaban J connectivity index is 1.40. The zero-order valence-electron chi connectivity index (χ0n) is 23.4. The number of Topliss-reactive ketones (excluding diaryl/α,β-unsaturated/α-hetero) is 1. The van der Waals surface area contributed by atoms with Gasteiger partial charge in [0.2, 0.25) is 10.0 Å². The summed E-state index contributed by atoms with van der Waals surface area (Å²) in [6.07, 6.45) is 1.17. The fraction of sp³-hybridized carbons (Fsp3) is 0.310. The summed E-state index contributed by atoms with van der Waals surface area (Å²) < 4.78 is 109. The quantitative estimate of drug-likeness (QED) is 0.188. The van der Waals surface area contributed by atoms with Crippen molar-refractivity contribution in [2.45, 2.75) is 49.3 Å². The third-order valence-electron chi connectivity index (χ3n) is 8.43. The summed E-state index contributed by atoms with van der Waals surface area (Å²) in [7, 11) is -3.04. The van der Waals surface area contributed by atoms with Gasteiger partial charge in [-0.1, -0.05) is 5.57 Å². The lowest BCUT2D eigenvalue weighted by Crippen LogP contribution is -2.49. The number of benzene rings is 1. The summed E-state index contributed by atoms with van der Waals surface area (Å²) in [5.74, 6) is -1.03. The minimum Gasteiger partial charge on any atom is -0.291 e. The zero-order valence-corrected chi connectivity index (χ0v) is 24.2. The van der Waals surface area contributed by atoms with E-state index in [4.69, 9.17) is 0 Å². The topological polar surface area (TPSA) is 103 Å². The van der Waals surface area contributed by atoms with Crippen LogP contribution in [0, 0.1) is 11.2 Å². The molecule has 1 fully saturated rings. The lowest BCUT2D eigenvalue weighted by atomic mass is 9.60. The summed E-state index contributed by atoms with van der Waals surface area (Å²) in [5.41, 5.74) is -0.272. The molecular weight excluding hydrogens is 626 g/mol. The molecule has 0 radical (unpaired) electrons. The SMILES string of the molecule is CN([C@H]1CCC2=Cc3c(cnn3-c3ccc(F)cc3)C[C@]2(C(=O)c2ccc(C(F)(F)F)cn2)C1)S(=O)(=O)c1cnn(C(F)F)c1. The Bertz CT molecular complexity index is 1900. The average Bonchev–Trinajstić information content (AvgIpc) is 3.67. The second-order valence-electron chi connectivity index (χ2n) is 11.0. The molecule has 3 aromatic heterocycles. The van der Waals surface area contributed by atoms with E-state index in [1.54, 1.807) is 10.8 Å². The van der Waals surface area contributed by atoms with E-state index in [1.165, 1.54) is 37.5 Å². The Morgan fingerprint density at radius 1 is 1.07 bits per heavy atom. The second kappa shape index (κ2) is 10.9. The normalized spacial score (nSPS) is 20.2. The summed E-state index contributed by atoms with van der Waals surface area (Å²) in [6.45, 7) is -3.05. The molecule has 1 aromatic carbocycles. The number of halogens is 6. The van der Waals surface area contributed by atoms with Gasteiger partial charge in [0.25, 0.3) is 0 Å². The molecular formula is C29H24F6N6O3S. The van der Waals surface area contributed by atoms with Gasteiger partial charge < -0.3 is 0 Å². The van der Waals surface area contributed by atoms with E-state index in [-0.39, 0.29) is 36.1 Å². The van der Waals surface area contributed by atoms with Crippen LogP contribution in [-0.2, 0) is 22.6 Å². The van der Waals surface area contributed by atoms with Crippen LogP contribution in [0.25, 0.3) is 11.8 Å². The number of fused-ring (bicyclic) bond motifs is 2. The summed E-state index contributed by atoms with van der Waals surface area (Å²) in [5, 5.41) is 7.85. The molecule has 0 amide bonds. The Morgan fingerprint density at radius 3 is 2.42 bits per heavy atom. The van der Waals surface area contributed by atoms with Gasteiger partial charge in [-0.3, -0.25) is 9.78 Å². The number of pyridine rings is 1. The molecule has 0 saturated heterocycles. The number of alkyl halides is 5. The number of rotatable bonds is 7. The first-order valence-electron chi connectivity index (χ1n) is 13.6. The highest BCUT2D eigenvalue weighted by Gasteiger charge is 2.51. The van der Waals surface area contributed by atoms with Gasteiger partial charge in [0.15, 0.2) is 5.78 Å². The van der Waals surface area contributed by atoms with Crippen molar-refractivity contribution in [3.05, 3.63) is 95.1 Å². The minimum absolute atomic E-state index is 0.0323. The number of allylic oxidation sites excluding steroid dienone is 1. The lowest BCUT2D eigenvalue weighted by Gasteiger charge is -2.45. The van der Waals surface area contributed by atoms with Crippen molar-refractivity contribution in [2.24, 2.45) is 5.41 Å². The van der Waals surface area contributed by atoms with Crippen LogP contribution >= 0.6 is 0 Å². The van der Waals surface area contributed by atoms with Gasteiger partial charge in [0.1, 0.15) is 16.4 Å². The number of nitrogens with zero attached hydrogens (tertiary/aromatic N) is 6.